The number of ether oxygens (including phenoxy) is 3. The van der Waals surface area contributed by atoms with Crippen molar-refractivity contribution in [2.45, 2.75) is 69.9 Å². The van der Waals surface area contributed by atoms with E-state index in [0.29, 0.717) is 54.4 Å². The average molecular weight is 544 g/mol. The average Bonchev–Trinajstić information content (AvgIpc) is 2.96. The number of hydrogen-bond acceptors (Lipinski definition) is 7. The second-order valence-corrected chi connectivity index (χ2v) is 10.2. The SMILES string of the molecule is COc1cc(/C=C/C(=O)N[C@@H](CC2CCCCC2)C(=O)N[C@H](C=O)CC2CCCNC2=O)cc(OC)c1OC. The van der Waals surface area contributed by atoms with Crippen molar-refractivity contribution in [1.82, 2.24) is 16.0 Å². The van der Waals surface area contributed by atoms with Gasteiger partial charge in [-0.2, -0.15) is 0 Å². The number of carbonyl (C=O) groups is 4. The van der Waals surface area contributed by atoms with Crippen LogP contribution in [0.2, 0.25) is 0 Å². The summed E-state index contributed by atoms with van der Waals surface area (Å²) in [7, 11) is 4.54. The van der Waals surface area contributed by atoms with Crippen LogP contribution >= 0.6 is 0 Å². The highest BCUT2D eigenvalue weighted by Crippen LogP contribution is 2.38. The molecule has 0 spiro atoms. The summed E-state index contributed by atoms with van der Waals surface area (Å²) in [4.78, 5) is 50.2. The van der Waals surface area contributed by atoms with Gasteiger partial charge in [-0.25, -0.2) is 0 Å². The Balaban J connectivity index is 1.70. The minimum Gasteiger partial charge on any atom is -0.493 e. The minimum absolute atomic E-state index is 0.0914. The molecule has 39 heavy (non-hydrogen) atoms. The number of methoxy groups -OCH3 is 3. The van der Waals surface area contributed by atoms with Gasteiger partial charge in [0.15, 0.2) is 11.5 Å². The van der Waals surface area contributed by atoms with Crippen molar-refractivity contribution in [2.75, 3.05) is 27.9 Å². The molecule has 10 heteroatoms. The number of benzene rings is 1. The van der Waals surface area contributed by atoms with Gasteiger partial charge in [0.2, 0.25) is 23.5 Å². The summed E-state index contributed by atoms with van der Waals surface area (Å²) in [6.07, 6.45) is 11.3. The lowest BCUT2D eigenvalue weighted by Gasteiger charge is -2.28. The number of hydrogen-bond donors (Lipinski definition) is 3. The number of carbonyl (C=O) groups excluding carboxylic acids is 4. The zero-order valence-corrected chi connectivity index (χ0v) is 23.1. The van der Waals surface area contributed by atoms with E-state index in [9.17, 15) is 19.2 Å². The highest BCUT2D eigenvalue weighted by atomic mass is 16.5. The molecule has 0 bridgehead atoms. The summed E-state index contributed by atoms with van der Waals surface area (Å²) in [5, 5.41) is 8.42. The first-order valence-electron chi connectivity index (χ1n) is 13.7. The standard InChI is InChI=1S/C29H41N3O7/c1-37-24-15-20(16-25(38-2)27(24)39-3)11-12-26(34)32-23(14-19-8-5-4-6-9-19)29(36)31-22(18-33)17-21-10-7-13-30-28(21)35/h11-12,15-16,18-19,21-23H,4-10,13-14,17H2,1-3H3,(H,30,35)(H,31,36)(H,32,34)/b12-11+/t21?,22-,23-/m0/s1. The predicted octanol–water partition coefficient (Wildman–Crippen LogP) is 2.78. The molecule has 1 aliphatic heterocycles. The highest BCUT2D eigenvalue weighted by molar-refractivity contribution is 5.96. The predicted molar refractivity (Wildman–Crippen MR) is 147 cm³/mol. The lowest BCUT2D eigenvalue weighted by atomic mass is 9.84. The van der Waals surface area contributed by atoms with Gasteiger partial charge < -0.3 is 35.0 Å². The van der Waals surface area contributed by atoms with Gasteiger partial charge in [-0.1, -0.05) is 32.1 Å². The van der Waals surface area contributed by atoms with E-state index < -0.39 is 23.9 Å². The lowest BCUT2D eigenvalue weighted by Crippen LogP contribution is -2.51. The first-order valence-corrected chi connectivity index (χ1v) is 13.7. The van der Waals surface area contributed by atoms with Crippen LogP contribution in [0, 0.1) is 11.8 Å². The Kier molecular flexibility index (Phi) is 11.6. The van der Waals surface area contributed by atoms with E-state index >= 15 is 0 Å². The van der Waals surface area contributed by atoms with Crippen molar-refractivity contribution < 1.29 is 33.4 Å². The van der Waals surface area contributed by atoms with Crippen LogP contribution in [0.5, 0.6) is 17.2 Å². The first-order chi connectivity index (χ1) is 18.9. The van der Waals surface area contributed by atoms with Crippen molar-refractivity contribution in [2.24, 2.45) is 11.8 Å². The zero-order valence-electron chi connectivity index (χ0n) is 23.1. The summed E-state index contributed by atoms with van der Waals surface area (Å²) in [6, 6.07) is 1.83. The summed E-state index contributed by atoms with van der Waals surface area (Å²) in [6.45, 7) is 0.631. The van der Waals surface area contributed by atoms with Gasteiger partial charge in [0.05, 0.1) is 27.4 Å². The van der Waals surface area contributed by atoms with Gasteiger partial charge in [-0.3, -0.25) is 14.4 Å². The minimum atomic E-state index is -0.799. The van der Waals surface area contributed by atoms with Gasteiger partial charge in [0.1, 0.15) is 12.3 Å². The molecule has 1 unspecified atom stereocenters. The topological polar surface area (TPSA) is 132 Å². The van der Waals surface area contributed by atoms with Crippen LogP contribution in [0.4, 0.5) is 0 Å². The summed E-state index contributed by atoms with van der Waals surface area (Å²) in [5.74, 6) is 0.413. The molecule has 3 rings (SSSR count). The molecule has 3 atom stereocenters. The third-order valence-electron chi connectivity index (χ3n) is 7.47. The smallest absolute Gasteiger partial charge is 0.244 e. The Morgan fingerprint density at radius 3 is 2.26 bits per heavy atom. The van der Waals surface area contributed by atoms with Gasteiger partial charge in [-0.05, 0) is 55.4 Å². The second kappa shape index (κ2) is 15.1. The van der Waals surface area contributed by atoms with E-state index in [0.717, 1.165) is 32.1 Å². The lowest BCUT2D eigenvalue weighted by molar-refractivity contribution is -0.130. The van der Waals surface area contributed by atoms with E-state index in [1.54, 1.807) is 18.2 Å². The molecule has 2 aliphatic rings. The molecule has 1 aromatic rings. The molecule has 3 N–H and O–H groups in total. The highest BCUT2D eigenvalue weighted by Gasteiger charge is 2.30. The van der Waals surface area contributed by atoms with E-state index in [-0.39, 0.29) is 18.2 Å². The third kappa shape index (κ3) is 8.73. The molecule has 0 aromatic heterocycles. The van der Waals surface area contributed by atoms with Crippen molar-refractivity contribution in [1.29, 1.82) is 0 Å². The number of amides is 3. The Morgan fingerprint density at radius 1 is 0.974 bits per heavy atom. The maximum atomic E-state index is 13.3. The van der Waals surface area contributed by atoms with Crippen LogP contribution in [0.25, 0.3) is 6.08 Å². The Labute approximate surface area is 230 Å². The monoisotopic (exact) mass is 543 g/mol. The van der Waals surface area contributed by atoms with Crippen molar-refractivity contribution in [3.63, 3.8) is 0 Å². The first kappa shape index (κ1) is 30.0. The zero-order chi connectivity index (χ0) is 28.2. The molecule has 1 saturated heterocycles. The molecule has 0 radical (unpaired) electrons. The van der Waals surface area contributed by atoms with Crippen molar-refractivity contribution >= 4 is 30.1 Å². The summed E-state index contributed by atoms with van der Waals surface area (Å²) < 4.78 is 16.1. The quantitative estimate of drug-likeness (QED) is 0.257. The number of aldehydes is 1. The molecular weight excluding hydrogens is 502 g/mol. The van der Waals surface area contributed by atoms with Crippen LogP contribution in [-0.2, 0) is 19.2 Å². The van der Waals surface area contributed by atoms with E-state index in [1.165, 1.54) is 33.8 Å². The normalized spacial score (nSPS) is 19.5. The Bertz CT molecular complexity index is 1010. The van der Waals surface area contributed by atoms with Crippen LogP contribution in [0.15, 0.2) is 18.2 Å². The molecule has 2 fully saturated rings. The molecule has 1 saturated carbocycles. The fourth-order valence-electron chi connectivity index (χ4n) is 5.38. The molecule has 214 valence electrons. The Morgan fingerprint density at radius 2 is 1.67 bits per heavy atom. The Hall–Kier alpha value is -3.56. The summed E-state index contributed by atoms with van der Waals surface area (Å²) >= 11 is 0. The maximum Gasteiger partial charge on any atom is 0.244 e. The van der Waals surface area contributed by atoms with Crippen LogP contribution in [-0.4, -0.2) is 64.0 Å². The van der Waals surface area contributed by atoms with Crippen LogP contribution in [0.1, 0.15) is 63.4 Å². The van der Waals surface area contributed by atoms with Crippen LogP contribution < -0.4 is 30.2 Å². The largest absolute Gasteiger partial charge is 0.493 e. The molecular formula is C29H41N3O7. The fourth-order valence-corrected chi connectivity index (χ4v) is 5.38. The molecule has 1 heterocycles. The van der Waals surface area contributed by atoms with Gasteiger partial charge in [0, 0.05) is 18.5 Å². The van der Waals surface area contributed by atoms with Crippen LogP contribution in [0.3, 0.4) is 0 Å². The summed E-state index contributed by atoms with van der Waals surface area (Å²) in [5.41, 5.74) is 0.653. The van der Waals surface area contributed by atoms with Gasteiger partial charge in [0.25, 0.3) is 0 Å². The van der Waals surface area contributed by atoms with Gasteiger partial charge >= 0.3 is 0 Å². The van der Waals surface area contributed by atoms with E-state index in [1.807, 2.05) is 0 Å². The number of nitrogens with one attached hydrogen (secondary N) is 3. The number of piperidine rings is 1. The molecule has 1 aliphatic carbocycles. The number of rotatable bonds is 13. The maximum absolute atomic E-state index is 13.3. The van der Waals surface area contributed by atoms with Crippen molar-refractivity contribution in [3.05, 3.63) is 23.8 Å². The molecule has 1 aromatic carbocycles. The molecule has 3 amide bonds. The second-order valence-electron chi connectivity index (χ2n) is 10.2. The molecule has 10 nitrogen and oxygen atoms in total. The van der Waals surface area contributed by atoms with E-state index in [2.05, 4.69) is 16.0 Å². The fraction of sp³-hybridized carbons (Fsp3) is 0.586. The van der Waals surface area contributed by atoms with Gasteiger partial charge in [-0.15, -0.1) is 0 Å². The van der Waals surface area contributed by atoms with E-state index in [4.69, 9.17) is 14.2 Å². The third-order valence-corrected chi connectivity index (χ3v) is 7.47. The van der Waals surface area contributed by atoms with Crippen molar-refractivity contribution in [3.8, 4) is 17.2 Å².